The van der Waals surface area contributed by atoms with E-state index in [-0.39, 0.29) is 12.1 Å². The van der Waals surface area contributed by atoms with Crippen molar-refractivity contribution in [1.82, 2.24) is 20.4 Å². The number of amides is 2. The van der Waals surface area contributed by atoms with Crippen LogP contribution < -0.4 is 15.5 Å². The number of nitrogens with zero attached hydrogens (tertiary/aromatic N) is 3. The van der Waals surface area contributed by atoms with E-state index in [1.165, 1.54) is 18.5 Å². The molecule has 3 aliphatic rings. The van der Waals surface area contributed by atoms with E-state index in [9.17, 15) is 4.79 Å². The van der Waals surface area contributed by atoms with Gasteiger partial charge in [0.15, 0.2) is 0 Å². The number of carbonyl (C=O) groups excluding carboxylic acids is 1. The van der Waals surface area contributed by atoms with E-state index >= 15 is 0 Å². The average Bonchev–Trinajstić information content (AvgIpc) is 3.55. The number of nitrogens with one attached hydrogen (secondary N) is 2. The van der Waals surface area contributed by atoms with E-state index in [0.717, 1.165) is 64.7 Å². The van der Waals surface area contributed by atoms with Crippen LogP contribution in [0.15, 0.2) is 30.3 Å². The second kappa shape index (κ2) is 9.14. The van der Waals surface area contributed by atoms with Gasteiger partial charge in [-0.3, -0.25) is 4.90 Å². The number of carbonyl (C=O) groups is 1. The first-order valence-electron chi connectivity index (χ1n) is 11.0. The Hall–Kier alpha value is -1.79. The first-order valence-corrected chi connectivity index (χ1v) is 11.0. The molecule has 1 saturated carbocycles. The molecule has 0 spiro atoms. The van der Waals surface area contributed by atoms with E-state index in [1.807, 2.05) is 0 Å². The highest BCUT2D eigenvalue weighted by atomic mass is 16.2. The molecule has 0 radical (unpaired) electrons. The molecule has 1 atom stereocenters. The first-order chi connectivity index (χ1) is 13.7. The number of piperazine rings is 1. The van der Waals surface area contributed by atoms with Crippen molar-refractivity contribution in [3.05, 3.63) is 30.3 Å². The Morgan fingerprint density at radius 1 is 1.00 bits per heavy atom. The minimum Gasteiger partial charge on any atom is -0.369 e. The summed E-state index contributed by atoms with van der Waals surface area (Å²) < 4.78 is 0. The normalized spacial score (nSPS) is 23.4. The minimum atomic E-state index is 0.000272. The van der Waals surface area contributed by atoms with Crippen molar-refractivity contribution in [3.63, 3.8) is 0 Å². The topological polar surface area (TPSA) is 50.9 Å². The van der Waals surface area contributed by atoms with Crippen LogP contribution in [0.2, 0.25) is 0 Å². The van der Waals surface area contributed by atoms with Gasteiger partial charge < -0.3 is 20.4 Å². The molecule has 2 heterocycles. The summed E-state index contributed by atoms with van der Waals surface area (Å²) in [5.41, 5.74) is 1.31. The molecule has 6 heteroatoms. The molecule has 3 fully saturated rings. The molecular formula is C22H35N5O. The van der Waals surface area contributed by atoms with Crippen molar-refractivity contribution in [2.75, 3.05) is 50.7 Å². The molecule has 6 nitrogen and oxygen atoms in total. The summed E-state index contributed by atoms with van der Waals surface area (Å²) in [6.45, 7) is 9.47. The molecular weight excluding hydrogens is 350 g/mol. The van der Waals surface area contributed by atoms with Gasteiger partial charge >= 0.3 is 6.03 Å². The molecule has 1 aromatic rings. The van der Waals surface area contributed by atoms with Crippen molar-refractivity contribution < 1.29 is 4.79 Å². The smallest absolute Gasteiger partial charge is 0.315 e. The van der Waals surface area contributed by atoms with Gasteiger partial charge in [0, 0.05) is 69.6 Å². The number of benzene rings is 1. The summed E-state index contributed by atoms with van der Waals surface area (Å²) in [6.07, 6.45) is 4.91. The van der Waals surface area contributed by atoms with Gasteiger partial charge in [-0.1, -0.05) is 18.2 Å². The van der Waals surface area contributed by atoms with Crippen LogP contribution in [0.5, 0.6) is 0 Å². The molecule has 2 aliphatic heterocycles. The Kier molecular flexibility index (Phi) is 6.37. The van der Waals surface area contributed by atoms with Crippen LogP contribution in [0.1, 0.15) is 32.6 Å². The molecule has 28 heavy (non-hydrogen) atoms. The van der Waals surface area contributed by atoms with Crippen LogP contribution in [0.25, 0.3) is 0 Å². The predicted octanol–water partition coefficient (Wildman–Crippen LogP) is 2.12. The Bertz CT molecular complexity index is 619. The number of rotatable bonds is 6. The van der Waals surface area contributed by atoms with E-state index < -0.39 is 0 Å². The van der Waals surface area contributed by atoms with E-state index in [0.29, 0.717) is 6.04 Å². The van der Waals surface area contributed by atoms with Crippen molar-refractivity contribution in [2.24, 2.45) is 0 Å². The lowest BCUT2D eigenvalue weighted by molar-refractivity contribution is 0.182. The summed E-state index contributed by atoms with van der Waals surface area (Å²) in [7, 11) is 0. The molecule has 154 valence electrons. The van der Waals surface area contributed by atoms with Gasteiger partial charge in [-0.05, 0) is 44.7 Å². The van der Waals surface area contributed by atoms with Crippen LogP contribution in [0.3, 0.4) is 0 Å². The van der Waals surface area contributed by atoms with Gasteiger partial charge in [0.1, 0.15) is 0 Å². The molecule has 1 aromatic carbocycles. The van der Waals surface area contributed by atoms with Gasteiger partial charge in [-0.25, -0.2) is 4.79 Å². The fourth-order valence-electron chi connectivity index (χ4n) is 4.56. The van der Waals surface area contributed by atoms with Crippen LogP contribution in [-0.4, -0.2) is 79.8 Å². The zero-order valence-electron chi connectivity index (χ0n) is 17.1. The van der Waals surface area contributed by atoms with Crippen molar-refractivity contribution in [2.45, 2.75) is 50.7 Å². The van der Waals surface area contributed by atoms with Gasteiger partial charge in [-0.15, -0.1) is 0 Å². The van der Waals surface area contributed by atoms with Gasteiger partial charge in [-0.2, -0.15) is 0 Å². The van der Waals surface area contributed by atoms with Crippen molar-refractivity contribution in [1.29, 1.82) is 0 Å². The third kappa shape index (κ3) is 5.39. The Labute approximate surface area is 169 Å². The summed E-state index contributed by atoms with van der Waals surface area (Å²) in [5, 5.41) is 6.34. The minimum absolute atomic E-state index is 0.000272. The van der Waals surface area contributed by atoms with Gasteiger partial charge in [0.05, 0.1) is 0 Å². The Morgan fingerprint density at radius 3 is 2.32 bits per heavy atom. The van der Waals surface area contributed by atoms with E-state index in [1.54, 1.807) is 0 Å². The number of para-hydroxylation sites is 1. The molecule has 2 saturated heterocycles. The maximum Gasteiger partial charge on any atom is 0.315 e. The molecule has 1 unspecified atom stereocenters. The second-order valence-electron chi connectivity index (χ2n) is 8.68. The standard InChI is InChI=1S/C22H35N5O/c1-18(17-25-13-15-27(16-14-25)20-5-3-2-4-6-20)23-22(28)24-19-9-11-26(12-10-19)21-7-8-21/h2-6,18-19,21H,7-17H2,1H3,(H2,23,24,28). The Morgan fingerprint density at radius 2 is 1.68 bits per heavy atom. The number of hydrogen-bond acceptors (Lipinski definition) is 4. The highest BCUT2D eigenvalue weighted by Crippen LogP contribution is 2.29. The number of urea groups is 1. The maximum atomic E-state index is 12.4. The lowest BCUT2D eigenvalue weighted by Gasteiger charge is -2.37. The molecule has 2 amide bonds. The van der Waals surface area contributed by atoms with E-state index in [4.69, 9.17) is 0 Å². The highest BCUT2D eigenvalue weighted by molar-refractivity contribution is 5.74. The lowest BCUT2D eigenvalue weighted by atomic mass is 10.1. The highest BCUT2D eigenvalue weighted by Gasteiger charge is 2.32. The molecule has 1 aliphatic carbocycles. The lowest BCUT2D eigenvalue weighted by Crippen LogP contribution is -2.54. The van der Waals surface area contributed by atoms with Crippen molar-refractivity contribution >= 4 is 11.7 Å². The van der Waals surface area contributed by atoms with Crippen molar-refractivity contribution in [3.8, 4) is 0 Å². The predicted molar refractivity (Wildman–Crippen MR) is 114 cm³/mol. The van der Waals surface area contributed by atoms with Crippen LogP contribution >= 0.6 is 0 Å². The van der Waals surface area contributed by atoms with Crippen LogP contribution in [0.4, 0.5) is 10.5 Å². The SMILES string of the molecule is CC(CN1CCN(c2ccccc2)CC1)NC(=O)NC1CCN(C2CC2)CC1. The van der Waals surface area contributed by atoms with Crippen LogP contribution in [-0.2, 0) is 0 Å². The summed E-state index contributed by atoms with van der Waals surface area (Å²) in [5.74, 6) is 0. The Balaban J connectivity index is 1.13. The molecule has 0 aromatic heterocycles. The zero-order chi connectivity index (χ0) is 19.3. The summed E-state index contributed by atoms with van der Waals surface area (Å²) in [6, 6.07) is 12.0. The zero-order valence-corrected chi connectivity index (χ0v) is 17.1. The first kappa shape index (κ1) is 19.5. The third-order valence-corrected chi connectivity index (χ3v) is 6.33. The largest absolute Gasteiger partial charge is 0.369 e. The number of hydrogen-bond donors (Lipinski definition) is 2. The number of piperidine rings is 1. The van der Waals surface area contributed by atoms with Crippen LogP contribution in [0, 0.1) is 0 Å². The molecule has 0 bridgehead atoms. The quantitative estimate of drug-likeness (QED) is 0.788. The maximum absolute atomic E-state index is 12.4. The van der Waals surface area contributed by atoms with Gasteiger partial charge in [0.25, 0.3) is 0 Å². The average molecular weight is 386 g/mol. The number of anilines is 1. The fraction of sp³-hybridized carbons (Fsp3) is 0.682. The van der Waals surface area contributed by atoms with Gasteiger partial charge in [0.2, 0.25) is 0 Å². The molecule has 4 rings (SSSR count). The molecule has 2 N–H and O–H groups in total. The third-order valence-electron chi connectivity index (χ3n) is 6.33. The summed E-state index contributed by atoms with van der Waals surface area (Å²) in [4.78, 5) is 19.9. The monoisotopic (exact) mass is 385 g/mol. The number of likely N-dealkylation sites (tertiary alicyclic amines) is 1. The van der Waals surface area contributed by atoms with E-state index in [2.05, 4.69) is 62.6 Å². The fourth-order valence-corrected chi connectivity index (χ4v) is 4.56. The second-order valence-corrected chi connectivity index (χ2v) is 8.68. The summed E-state index contributed by atoms with van der Waals surface area (Å²) >= 11 is 0.